The van der Waals surface area contributed by atoms with Crippen LogP contribution in [-0.2, 0) is 16.1 Å². The largest absolute Gasteiger partial charge is 0.494 e. The predicted molar refractivity (Wildman–Crippen MR) is 101 cm³/mol. The molecule has 2 aromatic rings. The maximum atomic E-state index is 11.8. The number of esters is 1. The molecule has 2 aromatic carbocycles. The molecule has 140 valence electrons. The van der Waals surface area contributed by atoms with Crippen LogP contribution in [0.2, 0.25) is 0 Å². The number of carbonyl (C=O) groups excluding carboxylic acids is 1. The van der Waals surface area contributed by atoms with Crippen LogP contribution >= 0.6 is 0 Å². The Kier molecular flexibility index (Phi) is 7.76. The summed E-state index contributed by atoms with van der Waals surface area (Å²) in [5.41, 5.74) is 7.68. The third-order valence-electron chi connectivity index (χ3n) is 3.85. The third kappa shape index (κ3) is 6.29. The Morgan fingerprint density at radius 2 is 1.96 bits per heavy atom. The van der Waals surface area contributed by atoms with Crippen LogP contribution in [0.3, 0.4) is 0 Å². The van der Waals surface area contributed by atoms with E-state index >= 15 is 0 Å². The van der Waals surface area contributed by atoms with Gasteiger partial charge in [0.2, 0.25) is 0 Å². The quantitative estimate of drug-likeness (QED) is 0.636. The Hall–Kier alpha value is -2.73. The summed E-state index contributed by atoms with van der Waals surface area (Å²) >= 11 is 0. The van der Waals surface area contributed by atoms with Gasteiger partial charge in [-0.2, -0.15) is 0 Å². The van der Waals surface area contributed by atoms with Crippen molar-refractivity contribution in [3.05, 3.63) is 54.1 Å². The minimum absolute atomic E-state index is 0.0787. The second-order valence-electron chi connectivity index (χ2n) is 5.85. The van der Waals surface area contributed by atoms with Crippen LogP contribution in [0.4, 0.5) is 5.69 Å². The number of methoxy groups -OCH3 is 1. The van der Waals surface area contributed by atoms with Crippen LogP contribution in [0, 0.1) is 0 Å². The number of anilines is 1. The fourth-order valence-electron chi connectivity index (χ4n) is 2.21. The molecule has 0 aliphatic rings. The molecule has 0 aliphatic heterocycles. The first-order valence-corrected chi connectivity index (χ1v) is 8.62. The molecule has 0 fully saturated rings. The molecule has 0 saturated heterocycles. The normalized spacial score (nSPS) is 11.5. The highest BCUT2D eigenvalue weighted by Crippen LogP contribution is 2.29. The van der Waals surface area contributed by atoms with Crippen LogP contribution in [0.25, 0.3) is 0 Å². The maximum Gasteiger partial charge on any atom is 0.344 e. The first-order chi connectivity index (χ1) is 12.6. The van der Waals surface area contributed by atoms with E-state index in [0.29, 0.717) is 18.0 Å². The van der Waals surface area contributed by atoms with Gasteiger partial charge in [0, 0.05) is 18.7 Å². The topological polar surface area (TPSA) is 82.8 Å². The van der Waals surface area contributed by atoms with E-state index in [1.807, 2.05) is 43.3 Å². The van der Waals surface area contributed by atoms with Gasteiger partial charge >= 0.3 is 5.97 Å². The molecule has 0 bridgehead atoms. The summed E-state index contributed by atoms with van der Waals surface area (Å²) in [7, 11) is 1.58. The molecule has 6 nitrogen and oxygen atoms in total. The van der Waals surface area contributed by atoms with E-state index in [2.05, 4.69) is 5.32 Å². The van der Waals surface area contributed by atoms with Crippen LogP contribution in [0.1, 0.15) is 18.9 Å². The molecule has 0 saturated carbocycles. The molecule has 1 atom stereocenters. The average Bonchev–Trinajstić information content (AvgIpc) is 2.69. The zero-order valence-corrected chi connectivity index (χ0v) is 15.2. The van der Waals surface area contributed by atoms with Crippen molar-refractivity contribution in [1.82, 2.24) is 0 Å². The second-order valence-corrected chi connectivity index (χ2v) is 5.85. The Morgan fingerprint density at radius 1 is 1.19 bits per heavy atom. The van der Waals surface area contributed by atoms with Crippen molar-refractivity contribution in [2.24, 2.45) is 5.73 Å². The molecule has 0 aliphatic carbocycles. The van der Waals surface area contributed by atoms with E-state index in [1.54, 1.807) is 19.2 Å². The molecule has 0 unspecified atom stereocenters. The standard InChI is InChI=1S/C20H26N2O4/c1-3-16(21)12-22-18-10-9-17(11-19(18)24-2)25-14-20(23)26-13-15-7-5-4-6-8-15/h4-11,16,22H,3,12-14,21H2,1-2H3/t16-/m1/s1. The summed E-state index contributed by atoms with van der Waals surface area (Å²) in [5.74, 6) is 0.733. The predicted octanol–water partition coefficient (Wildman–Crippen LogP) is 2.97. The lowest BCUT2D eigenvalue weighted by atomic mass is 10.2. The molecule has 3 N–H and O–H groups in total. The molecular weight excluding hydrogens is 332 g/mol. The first kappa shape index (κ1) is 19.6. The van der Waals surface area contributed by atoms with Crippen molar-refractivity contribution in [3.8, 4) is 11.5 Å². The van der Waals surface area contributed by atoms with E-state index in [9.17, 15) is 4.79 Å². The van der Waals surface area contributed by atoms with Gasteiger partial charge < -0.3 is 25.3 Å². The maximum absolute atomic E-state index is 11.8. The second kappa shape index (κ2) is 10.3. The highest BCUT2D eigenvalue weighted by Gasteiger charge is 2.09. The van der Waals surface area contributed by atoms with Gasteiger partial charge in [-0.15, -0.1) is 0 Å². The number of carbonyl (C=O) groups is 1. The number of nitrogens with two attached hydrogens (primary N) is 1. The fraction of sp³-hybridized carbons (Fsp3) is 0.350. The van der Waals surface area contributed by atoms with Gasteiger partial charge in [-0.3, -0.25) is 0 Å². The number of benzene rings is 2. The van der Waals surface area contributed by atoms with Crippen LogP contribution < -0.4 is 20.5 Å². The van der Waals surface area contributed by atoms with Gasteiger partial charge in [0.15, 0.2) is 6.61 Å². The van der Waals surface area contributed by atoms with Crippen LogP contribution in [-0.4, -0.2) is 32.3 Å². The molecule has 6 heteroatoms. The molecule has 0 amide bonds. The van der Waals surface area contributed by atoms with Crippen molar-refractivity contribution >= 4 is 11.7 Å². The van der Waals surface area contributed by atoms with E-state index in [-0.39, 0.29) is 19.3 Å². The third-order valence-corrected chi connectivity index (χ3v) is 3.85. The van der Waals surface area contributed by atoms with Crippen molar-refractivity contribution in [2.75, 3.05) is 25.6 Å². The van der Waals surface area contributed by atoms with Gasteiger partial charge in [-0.25, -0.2) is 4.79 Å². The van der Waals surface area contributed by atoms with Crippen molar-refractivity contribution in [1.29, 1.82) is 0 Å². The summed E-state index contributed by atoms with van der Waals surface area (Å²) in [6, 6.07) is 14.9. The number of rotatable bonds is 10. The van der Waals surface area contributed by atoms with Gasteiger partial charge in [-0.1, -0.05) is 37.3 Å². The van der Waals surface area contributed by atoms with E-state index in [1.165, 1.54) is 0 Å². The van der Waals surface area contributed by atoms with Crippen molar-refractivity contribution < 1.29 is 19.0 Å². The minimum atomic E-state index is -0.427. The SMILES string of the molecule is CC[C@@H](N)CNc1ccc(OCC(=O)OCc2ccccc2)cc1OC. The van der Waals surface area contributed by atoms with Crippen molar-refractivity contribution in [3.63, 3.8) is 0 Å². The summed E-state index contributed by atoms with van der Waals surface area (Å²) in [4.78, 5) is 11.8. The highest BCUT2D eigenvalue weighted by molar-refractivity contribution is 5.71. The van der Waals surface area contributed by atoms with Gasteiger partial charge in [0.05, 0.1) is 12.8 Å². The summed E-state index contributed by atoms with van der Waals surface area (Å²) in [5, 5.41) is 3.25. The lowest BCUT2D eigenvalue weighted by molar-refractivity contribution is -0.147. The molecule has 0 radical (unpaired) electrons. The highest BCUT2D eigenvalue weighted by atomic mass is 16.6. The summed E-state index contributed by atoms with van der Waals surface area (Å²) in [6.45, 7) is 2.76. The van der Waals surface area contributed by atoms with Gasteiger partial charge in [0.1, 0.15) is 18.1 Å². The number of nitrogens with one attached hydrogen (secondary N) is 1. The Labute approximate surface area is 154 Å². The fourth-order valence-corrected chi connectivity index (χ4v) is 2.21. The zero-order valence-electron chi connectivity index (χ0n) is 15.2. The number of hydrogen-bond donors (Lipinski definition) is 2. The molecule has 0 heterocycles. The van der Waals surface area contributed by atoms with E-state index in [0.717, 1.165) is 17.7 Å². The smallest absolute Gasteiger partial charge is 0.344 e. The zero-order chi connectivity index (χ0) is 18.8. The molecule has 0 spiro atoms. The minimum Gasteiger partial charge on any atom is -0.494 e. The van der Waals surface area contributed by atoms with Crippen molar-refractivity contribution in [2.45, 2.75) is 26.0 Å². The number of ether oxygens (including phenoxy) is 3. The van der Waals surface area contributed by atoms with Crippen LogP contribution in [0.15, 0.2) is 48.5 Å². The van der Waals surface area contributed by atoms with E-state index < -0.39 is 5.97 Å². The van der Waals surface area contributed by atoms with Crippen LogP contribution in [0.5, 0.6) is 11.5 Å². The first-order valence-electron chi connectivity index (χ1n) is 8.62. The van der Waals surface area contributed by atoms with E-state index in [4.69, 9.17) is 19.9 Å². The summed E-state index contributed by atoms with van der Waals surface area (Å²) < 4.78 is 16.0. The van der Waals surface area contributed by atoms with Gasteiger partial charge in [-0.05, 0) is 24.1 Å². The Balaban J connectivity index is 1.84. The Morgan fingerprint density at radius 3 is 2.65 bits per heavy atom. The number of hydrogen-bond acceptors (Lipinski definition) is 6. The van der Waals surface area contributed by atoms with Gasteiger partial charge in [0.25, 0.3) is 0 Å². The molecule has 0 aromatic heterocycles. The summed E-state index contributed by atoms with van der Waals surface area (Å²) in [6.07, 6.45) is 0.890. The molecule has 26 heavy (non-hydrogen) atoms. The average molecular weight is 358 g/mol. The lowest BCUT2D eigenvalue weighted by Gasteiger charge is -2.15. The lowest BCUT2D eigenvalue weighted by Crippen LogP contribution is -2.28. The molecule has 2 rings (SSSR count). The monoisotopic (exact) mass is 358 g/mol. The molecular formula is C20H26N2O4. The Bertz CT molecular complexity index is 691.